The fourth-order valence-electron chi connectivity index (χ4n) is 3.40. The maximum absolute atomic E-state index is 12.8. The number of rotatable bonds is 5. The van der Waals surface area contributed by atoms with Crippen molar-refractivity contribution in [1.82, 2.24) is 0 Å². The number of nitrogens with one attached hydrogen (secondary N) is 1. The molecule has 30 heavy (non-hydrogen) atoms. The molecule has 0 bridgehead atoms. The van der Waals surface area contributed by atoms with E-state index in [-0.39, 0.29) is 11.8 Å². The summed E-state index contributed by atoms with van der Waals surface area (Å²) in [5.41, 5.74) is 4.31. The predicted octanol–water partition coefficient (Wildman–Crippen LogP) is 3.89. The Balaban J connectivity index is 1.64. The first-order valence-electron chi connectivity index (χ1n) is 10.0. The van der Waals surface area contributed by atoms with Crippen molar-refractivity contribution in [3.05, 3.63) is 53.6 Å². The third-order valence-corrected chi connectivity index (χ3v) is 5.39. The summed E-state index contributed by atoms with van der Waals surface area (Å²) >= 11 is 0. The van der Waals surface area contributed by atoms with Gasteiger partial charge in [-0.1, -0.05) is 6.07 Å². The lowest BCUT2D eigenvalue weighted by Gasteiger charge is -2.18. The van der Waals surface area contributed by atoms with Gasteiger partial charge in [-0.3, -0.25) is 14.5 Å². The molecule has 0 aromatic heterocycles. The van der Waals surface area contributed by atoms with Gasteiger partial charge in [-0.05, 0) is 74.7 Å². The molecule has 7 nitrogen and oxygen atoms in total. The Bertz CT molecular complexity index is 955. The summed E-state index contributed by atoms with van der Waals surface area (Å²) in [6.45, 7) is 6.59. The van der Waals surface area contributed by atoms with Crippen molar-refractivity contribution < 1.29 is 19.1 Å². The first-order valence-corrected chi connectivity index (χ1v) is 10.0. The molecule has 0 radical (unpaired) electrons. The second-order valence-corrected chi connectivity index (χ2v) is 7.39. The van der Waals surface area contributed by atoms with Gasteiger partial charge in [0.05, 0.1) is 6.61 Å². The van der Waals surface area contributed by atoms with Crippen LogP contribution in [0.2, 0.25) is 0 Å². The van der Waals surface area contributed by atoms with Gasteiger partial charge in [0.2, 0.25) is 11.8 Å². The highest BCUT2D eigenvalue weighted by Gasteiger charge is 2.37. The molecule has 7 heteroatoms. The third-order valence-electron chi connectivity index (χ3n) is 5.39. The molecule has 1 aliphatic rings. The third kappa shape index (κ3) is 4.45. The number of aryl methyl sites for hydroxylation is 2. The van der Waals surface area contributed by atoms with Crippen LogP contribution in [0.15, 0.2) is 42.5 Å². The molecule has 3 rings (SSSR count). The van der Waals surface area contributed by atoms with Crippen molar-refractivity contribution in [2.75, 3.05) is 35.3 Å². The summed E-state index contributed by atoms with van der Waals surface area (Å²) in [5, 5.41) is 2.81. The Morgan fingerprint density at radius 2 is 1.83 bits per heavy atom. The van der Waals surface area contributed by atoms with E-state index in [1.54, 1.807) is 43.1 Å². The van der Waals surface area contributed by atoms with E-state index in [0.29, 0.717) is 30.9 Å². The number of ether oxygens (including phenoxy) is 1. The normalized spacial score (nSPS) is 15.8. The highest BCUT2D eigenvalue weighted by Crippen LogP contribution is 2.28. The Kier molecular flexibility index (Phi) is 6.40. The zero-order valence-corrected chi connectivity index (χ0v) is 17.8. The first kappa shape index (κ1) is 21.4. The van der Waals surface area contributed by atoms with Crippen molar-refractivity contribution in [1.29, 1.82) is 0 Å². The van der Waals surface area contributed by atoms with Crippen LogP contribution in [0.25, 0.3) is 0 Å². The van der Waals surface area contributed by atoms with Crippen LogP contribution in [-0.2, 0) is 14.3 Å². The van der Waals surface area contributed by atoms with Crippen LogP contribution >= 0.6 is 0 Å². The first-order chi connectivity index (χ1) is 14.3. The van der Waals surface area contributed by atoms with Crippen LogP contribution in [0.3, 0.4) is 0 Å². The van der Waals surface area contributed by atoms with Crippen molar-refractivity contribution in [3.8, 4) is 0 Å². The molecular formula is C23H27N3O4. The van der Waals surface area contributed by atoms with E-state index in [1.807, 2.05) is 32.0 Å². The molecule has 0 aliphatic carbocycles. The molecule has 3 amide bonds. The van der Waals surface area contributed by atoms with Gasteiger partial charge in [0.25, 0.3) is 0 Å². The summed E-state index contributed by atoms with van der Waals surface area (Å²) in [6, 6.07) is 12.7. The lowest BCUT2D eigenvalue weighted by atomic mass is 10.1. The largest absolute Gasteiger partial charge is 0.449 e. The maximum atomic E-state index is 12.8. The van der Waals surface area contributed by atoms with Gasteiger partial charge in [-0.25, -0.2) is 4.79 Å². The minimum Gasteiger partial charge on any atom is -0.449 e. The second-order valence-electron chi connectivity index (χ2n) is 7.39. The Hall–Kier alpha value is -3.35. The van der Waals surface area contributed by atoms with Crippen molar-refractivity contribution >= 4 is 35.0 Å². The van der Waals surface area contributed by atoms with Crippen LogP contribution in [0.5, 0.6) is 0 Å². The topological polar surface area (TPSA) is 79.0 Å². The van der Waals surface area contributed by atoms with Gasteiger partial charge in [0.1, 0.15) is 5.92 Å². The number of anilines is 3. The van der Waals surface area contributed by atoms with Crippen molar-refractivity contribution in [2.45, 2.75) is 27.2 Å². The van der Waals surface area contributed by atoms with Crippen LogP contribution in [0, 0.1) is 19.8 Å². The number of carbonyl (C=O) groups is 3. The molecule has 1 N–H and O–H groups in total. The summed E-state index contributed by atoms with van der Waals surface area (Å²) < 4.78 is 4.97. The standard InChI is InChI=1S/C23H27N3O4/c1-5-30-23(29)25(4)18-10-7-17(8-11-18)24-21(27)20-12-13-26(22(20)28)19-9-6-15(2)16(3)14-19/h6-11,14,20H,5,12-13H2,1-4H3,(H,24,27). The molecule has 1 fully saturated rings. The van der Waals surface area contributed by atoms with Crippen molar-refractivity contribution in [3.63, 3.8) is 0 Å². The number of amides is 3. The average molecular weight is 409 g/mol. The molecule has 0 saturated carbocycles. The predicted molar refractivity (Wildman–Crippen MR) is 117 cm³/mol. The van der Waals surface area contributed by atoms with E-state index < -0.39 is 12.0 Å². The van der Waals surface area contributed by atoms with E-state index in [2.05, 4.69) is 5.32 Å². The van der Waals surface area contributed by atoms with Gasteiger partial charge in [0.15, 0.2) is 0 Å². The van der Waals surface area contributed by atoms with Gasteiger partial charge >= 0.3 is 6.09 Å². The van der Waals surface area contributed by atoms with Gasteiger partial charge in [-0.15, -0.1) is 0 Å². The number of benzene rings is 2. The Labute approximate surface area is 176 Å². The monoisotopic (exact) mass is 409 g/mol. The maximum Gasteiger partial charge on any atom is 0.413 e. The van der Waals surface area contributed by atoms with Crippen LogP contribution < -0.4 is 15.1 Å². The number of carbonyl (C=O) groups excluding carboxylic acids is 3. The molecule has 1 atom stereocenters. The zero-order valence-electron chi connectivity index (χ0n) is 17.8. The van der Waals surface area contributed by atoms with Gasteiger partial charge in [-0.2, -0.15) is 0 Å². The second kappa shape index (κ2) is 8.98. The summed E-state index contributed by atoms with van der Waals surface area (Å²) in [7, 11) is 1.62. The number of nitrogens with zero attached hydrogens (tertiary/aromatic N) is 2. The molecule has 1 saturated heterocycles. The molecule has 2 aromatic carbocycles. The summed E-state index contributed by atoms with van der Waals surface area (Å²) in [6.07, 6.45) is 0.0265. The van der Waals surface area contributed by atoms with E-state index in [1.165, 1.54) is 4.90 Å². The van der Waals surface area contributed by atoms with Crippen molar-refractivity contribution in [2.24, 2.45) is 5.92 Å². The van der Waals surface area contributed by atoms with Crippen LogP contribution in [0.1, 0.15) is 24.5 Å². The Morgan fingerprint density at radius 1 is 1.13 bits per heavy atom. The molecule has 0 spiro atoms. The summed E-state index contributed by atoms with van der Waals surface area (Å²) in [4.78, 5) is 40.4. The average Bonchev–Trinajstić information content (AvgIpc) is 3.11. The molecule has 158 valence electrons. The Morgan fingerprint density at radius 3 is 2.47 bits per heavy atom. The lowest BCUT2D eigenvalue weighted by Crippen LogP contribution is -2.33. The minimum atomic E-state index is -0.714. The molecular weight excluding hydrogens is 382 g/mol. The van der Waals surface area contributed by atoms with Gasteiger partial charge < -0.3 is 15.0 Å². The zero-order chi connectivity index (χ0) is 21.8. The minimum absolute atomic E-state index is 0.186. The van der Waals surface area contributed by atoms with Crippen LogP contribution in [-0.4, -0.2) is 38.1 Å². The van der Waals surface area contributed by atoms with E-state index in [9.17, 15) is 14.4 Å². The van der Waals surface area contributed by atoms with E-state index in [0.717, 1.165) is 16.8 Å². The molecule has 1 unspecified atom stereocenters. The van der Waals surface area contributed by atoms with Gasteiger partial charge in [0, 0.05) is 30.7 Å². The van der Waals surface area contributed by atoms with E-state index in [4.69, 9.17) is 4.74 Å². The molecule has 1 heterocycles. The SMILES string of the molecule is CCOC(=O)N(C)c1ccc(NC(=O)C2CCN(c3ccc(C)c(C)c3)C2=O)cc1. The fraction of sp³-hybridized carbons (Fsp3) is 0.348. The fourth-order valence-corrected chi connectivity index (χ4v) is 3.40. The molecule has 1 aliphatic heterocycles. The lowest BCUT2D eigenvalue weighted by molar-refractivity contribution is -0.129. The number of hydrogen-bond acceptors (Lipinski definition) is 4. The highest BCUT2D eigenvalue weighted by atomic mass is 16.6. The smallest absolute Gasteiger partial charge is 0.413 e. The summed E-state index contributed by atoms with van der Waals surface area (Å²) in [5.74, 6) is -1.22. The highest BCUT2D eigenvalue weighted by molar-refractivity contribution is 6.13. The quantitative estimate of drug-likeness (QED) is 0.760. The molecule has 2 aromatic rings. The van der Waals surface area contributed by atoms with E-state index >= 15 is 0 Å². The number of hydrogen-bond donors (Lipinski definition) is 1. The van der Waals surface area contributed by atoms with Crippen LogP contribution in [0.4, 0.5) is 21.9 Å².